The van der Waals surface area contributed by atoms with E-state index in [1.54, 1.807) is 14.0 Å². The molecule has 0 saturated heterocycles. The second-order valence-electron chi connectivity index (χ2n) is 8.35. The largest absolute Gasteiger partial charge is 0.496 e. The summed E-state index contributed by atoms with van der Waals surface area (Å²) in [6.07, 6.45) is 0.368. The number of ether oxygens (including phenoxy) is 2. The molecule has 5 heteroatoms. The summed E-state index contributed by atoms with van der Waals surface area (Å²) in [7, 11) is 1.63. The van der Waals surface area contributed by atoms with Gasteiger partial charge in [0.2, 0.25) is 0 Å². The molecule has 3 nitrogen and oxygen atoms in total. The minimum atomic E-state index is -0.923. The third-order valence-corrected chi connectivity index (χ3v) is 6.86. The van der Waals surface area contributed by atoms with E-state index in [1.165, 1.54) is 0 Å². The minimum Gasteiger partial charge on any atom is -0.496 e. The number of hydrogen-bond donors (Lipinski definition) is 0. The predicted molar refractivity (Wildman–Crippen MR) is 137 cm³/mol. The molecular formula is C29H22Cl2O3. The minimum absolute atomic E-state index is 0.0465. The number of fused-ring (bicyclic) bond motifs is 1. The Bertz CT molecular complexity index is 1370. The standard InChI is InChI=1S/C29H22Cl2O3/c1-18(32)25-17-29(20-8-12-22(30)13-9-20,21-10-14-23(31)15-11-21)34-28(25)27-24-6-4-3-5-19(24)7-16-26(27)33-2/h3-16H,17H2,1-2H3. The second kappa shape index (κ2) is 8.83. The number of halogens is 2. The van der Waals surface area contributed by atoms with Crippen molar-refractivity contribution in [2.75, 3.05) is 7.11 Å². The van der Waals surface area contributed by atoms with E-state index in [4.69, 9.17) is 32.7 Å². The van der Waals surface area contributed by atoms with Crippen molar-refractivity contribution in [1.29, 1.82) is 0 Å². The third-order valence-electron chi connectivity index (χ3n) is 6.36. The summed E-state index contributed by atoms with van der Waals surface area (Å²) < 4.78 is 12.6. The molecule has 0 fully saturated rings. The molecule has 0 aromatic heterocycles. The number of rotatable bonds is 5. The van der Waals surface area contributed by atoms with E-state index in [-0.39, 0.29) is 5.78 Å². The molecule has 0 saturated carbocycles. The lowest BCUT2D eigenvalue weighted by Gasteiger charge is -2.32. The van der Waals surface area contributed by atoms with Gasteiger partial charge in [-0.2, -0.15) is 0 Å². The van der Waals surface area contributed by atoms with Gasteiger partial charge in [-0.1, -0.05) is 77.8 Å². The van der Waals surface area contributed by atoms with E-state index >= 15 is 0 Å². The zero-order valence-corrected chi connectivity index (χ0v) is 20.3. The van der Waals surface area contributed by atoms with Crippen LogP contribution in [0.3, 0.4) is 0 Å². The normalized spacial score (nSPS) is 14.8. The number of ketones is 1. The lowest BCUT2D eigenvalue weighted by atomic mass is 9.81. The van der Waals surface area contributed by atoms with Gasteiger partial charge in [-0.05, 0) is 48.0 Å². The molecule has 4 aromatic rings. The Morgan fingerprint density at radius 2 is 1.44 bits per heavy atom. The van der Waals surface area contributed by atoms with Gasteiger partial charge in [0, 0.05) is 33.2 Å². The van der Waals surface area contributed by atoms with E-state index in [9.17, 15) is 4.79 Å². The van der Waals surface area contributed by atoms with Crippen molar-refractivity contribution in [3.05, 3.63) is 117 Å². The van der Waals surface area contributed by atoms with Gasteiger partial charge >= 0.3 is 0 Å². The van der Waals surface area contributed by atoms with Gasteiger partial charge in [0.15, 0.2) is 11.4 Å². The summed E-state index contributed by atoms with van der Waals surface area (Å²) in [6.45, 7) is 1.58. The Morgan fingerprint density at radius 3 is 2.00 bits per heavy atom. The Balaban J connectivity index is 1.77. The van der Waals surface area contributed by atoms with E-state index in [2.05, 4.69) is 0 Å². The molecule has 1 aliphatic heterocycles. The fourth-order valence-electron chi connectivity index (χ4n) is 4.67. The SMILES string of the molecule is COc1ccc2ccccc2c1C1=C(C(C)=O)CC(c2ccc(Cl)cc2)(c2ccc(Cl)cc2)O1. The molecule has 34 heavy (non-hydrogen) atoms. The van der Waals surface area contributed by atoms with Crippen LogP contribution in [-0.4, -0.2) is 12.9 Å². The lowest BCUT2D eigenvalue weighted by Crippen LogP contribution is -2.27. The average molecular weight is 489 g/mol. The van der Waals surface area contributed by atoms with Crippen LogP contribution < -0.4 is 4.74 Å². The van der Waals surface area contributed by atoms with E-state index < -0.39 is 5.60 Å². The van der Waals surface area contributed by atoms with Gasteiger partial charge in [0.05, 0.1) is 12.7 Å². The van der Waals surface area contributed by atoms with Crippen molar-refractivity contribution >= 4 is 45.5 Å². The molecule has 0 unspecified atom stereocenters. The summed E-state index contributed by atoms with van der Waals surface area (Å²) in [5.41, 5.74) is 2.25. The van der Waals surface area contributed by atoms with Gasteiger partial charge in [0.1, 0.15) is 11.5 Å². The van der Waals surface area contributed by atoms with Crippen LogP contribution >= 0.6 is 23.2 Å². The monoisotopic (exact) mass is 488 g/mol. The van der Waals surface area contributed by atoms with Crippen molar-refractivity contribution in [2.45, 2.75) is 18.9 Å². The molecule has 0 amide bonds. The van der Waals surface area contributed by atoms with Gasteiger partial charge in [-0.15, -0.1) is 0 Å². The highest BCUT2D eigenvalue weighted by atomic mass is 35.5. The maximum Gasteiger partial charge on any atom is 0.163 e. The van der Waals surface area contributed by atoms with Crippen LogP contribution in [-0.2, 0) is 15.1 Å². The fraction of sp³-hybridized carbons (Fsp3) is 0.138. The van der Waals surface area contributed by atoms with Crippen LogP contribution in [0.1, 0.15) is 30.0 Å². The summed E-state index contributed by atoms with van der Waals surface area (Å²) in [5, 5.41) is 3.25. The van der Waals surface area contributed by atoms with Crippen LogP contribution in [0, 0.1) is 0 Å². The highest BCUT2D eigenvalue weighted by Crippen LogP contribution is 2.52. The number of hydrogen-bond acceptors (Lipinski definition) is 3. The topological polar surface area (TPSA) is 35.5 Å². The average Bonchev–Trinajstić information content (AvgIpc) is 3.26. The van der Waals surface area contributed by atoms with E-state index in [0.717, 1.165) is 27.5 Å². The first-order valence-corrected chi connectivity index (χ1v) is 11.7. The van der Waals surface area contributed by atoms with Crippen LogP contribution in [0.25, 0.3) is 16.5 Å². The Labute approximate surface area is 208 Å². The molecule has 0 N–H and O–H groups in total. The highest BCUT2D eigenvalue weighted by molar-refractivity contribution is 6.30. The molecule has 5 rings (SSSR count). The first-order valence-electron chi connectivity index (χ1n) is 10.9. The van der Waals surface area contributed by atoms with Crippen molar-refractivity contribution < 1.29 is 14.3 Å². The zero-order valence-electron chi connectivity index (χ0n) is 18.8. The molecule has 170 valence electrons. The van der Waals surface area contributed by atoms with Gasteiger partial charge in [-0.25, -0.2) is 0 Å². The molecule has 1 aliphatic rings. The Kier molecular flexibility index (Phi) is 5.85. The predicted octanol–water partition coefficient (Wildman–Crippen LogP) is 7.82. The van der Waals surface area contributed by atoms with Crippen LogP contribution in [0.4, 0.5) is 0 Å². The van der Waals surface area contributed by atoms with Crippen molar-refractivity contribution in [2.24, 2.45) is 0 Å². The summed E-state index contributed by atoms with van der Waals surface area (Å²) >= 11 is 12.4. The zero-order chi connectivity index (χ0) is 23.9. The van der Waals surface area contributed by atoms with Gasteiger partial charge in [-0.3, -0.25) is 4.79 Å². The number of carbonyl (C=O) groups is 1. The third kappa shape index (κ3) is 3.75. The maximum absolute atomic E-state index is 13.0. The number of Topliss-reactive ketones (excluding diaryl/α,β-unsaturated/α-hetero) is 1. The molecule has 4 aromatic carbocycles. The van der Waals surface area contributed by atoms with E-state index in [0.29, 0.717) is 33.5 Å². The van der Waals surface area contributed by atoms with Crippen molar-refractivity contribution in [3.63, 3.8) is 0 Å². The van der Waals surface area contributed by atoms with Crippen LogP contribution in [0.2, 0.25) is 10.0 Å². The smallest absolute Gasteiger partial charge is 0.163 e. The molecule has 0 spiro atoms. The first-order chi connectivity index (χ1) is 16.4. The molecule has 1 heterocycles. The summed E-state index contributed by atoms with van der Waals surface area (Å²) in [6, 6.07) is 27.0. The maximum atomic E-state index is 13.0. The fourth-order valence-corrected chi connectivity index (χ4v) is 4.92. The van der Waals surface area contributed by atoms with Crippen molar-refractivity contribution in [1.82, 2.24) is 0 Å². The Hall–Kier alpha value is -3.27. The summed E-state index contributed by atoms with van der Waals surface area (Å²) in [5.74, 6) is 1.14. The highest BCUT2D eigenvalue weighted by Gasteiger charge is 2.46. The second-order valence-corrected chi connectivity index (χ2v) is 9.22. The van der Waals surface area contributed by atoms with E-state index in [1.807, 2.05) is 84.9 Å². The first kappa shape index (κ1) is 22.5. The summed E-state index contributed by atoms with van der Waals surface area (Å²) in [4.78, 5) is 13.0. The lowest BCUT2D eigenvalue weighted by molar-refractivity contribution is -0.113. The van der Waals surface area contributed by atoms with Gasteiger partial charge in [0.25, 0.3) is 0 Å². The molecule has 0 aliphatic carbocycles. The number of benzene rings is 4. The van der Waals surface area contributed by atoms with Crippen LogP contribution in [0.5, 0.6) is 5.75 Å². The molecule has 0 bridgehead atoms. The quantitative estimate of drug-likeness (QED) is 0.287. The number of carbonyl (C=O) groups excluding carboxylic acids is 1. The molecule has 0 atom stereocenters. The van der Waals surface area contributed by atoms with Crippen molar-refractivity contribution in [3.8, 4) is 5.75 Å². The van der Waals surface area contributed by atoms with Gasteiger partial charge < -0.3 is 9.47 Å². The Morgan fingerprint density at radius 1 is 0.853 bits per heavy atom. The number of methoxy groups -OCH3 is 1. The molecular weight excluding hydrogens is 467 g/mol. The van der Waals surface area contributed by atoms with Crippen LogP contribution in [0.15, 0.2) is 90.5 Å². The molecule has 0 radical (unpaired) electrons.